The lowest BCUT2D eigenvalue weighted by Crippen LogP contribution is -2.31. The maximum absolute atomic E-state index is 13.1. The molecule has 28 heavy (non-hydrogen) atoms. The van der Waals surface area contributed by atoms with Crippen LogP contribution in [0.3, 0.4) is 0 Å². The quantitative estimate of drug-likeness (QED) is 0.866. The minimum Gasteiger partial charge on any atom is -0.481 e. The van der Waals surface area contributed by atoms with Crippen LogP contribution in [0.2, 0.25) is 0 Å². The fourth-order valence-corrected chi connectivity index (χ4v) is 4.18. The molecule has 1 heterocycles. The molecule has 0 spiro atoms. The highest BCUT2D eigenvalue weighted by atomic mass is 19.3. The van der Waals surface area contributed by atoms with E-state index in [1.54, 1.807) is 0 Å². The molecule has 146 valence electrons. The van der Waals surface area contributed by atoms with E-state index in [4.69, 9.17) is 9.84 Å². The third-order valence-electron chi connectivity index (χ3n) is 5.60. The number of carbonyl (C=O) groups excluding carboxylic acids is 1. The minimum atomic E-state index is -2.80. The number of rotatable bonds is 4. The van der Waals surface area contributed by atoms with Gasteiger partial charge in [-0.05, 0) is 22.3 Å². The molecule has 1 amide bonds. The van der Waals surface area contributed by atoms with Crippen LogP contribution >= 0.6 is 0 Å². The molecule has 5 nitrogen and oxygen atoms in total. The molecular weight excluding hydrogens is 368 g/mol. The third kappa shape index (κ3) is 3.10. The molecule has 2 aromatic rings. The standard InChI is InChI=1S/C21H19F2NO4/c22-19(23)16-9-24(10-17(16)20(25)26)21(27)28-11-18-14-7-3-1-5-12(14)13-6-2-4-8-15(13)18/h1-8,16-19H,9-11H2,(H,25,26)/t16-,17-/m1/s1. The summed E-state index contributed by atoms with van der Waals surface area (Å²) in [5, 5.41) is 9.14. The van der Waals surface area contributed by atoms with Crippen LogP contribution in [0.25, 0.3) is 11.1 Å². The van der Waals surface area contributed by atoms with Crippen molar-refractivity contribution in [1.29, 1.82) is 0 Å². The van der Waals surface area contributed by atoms with Gasteiger partial charge in [0.05, 0.1) is 11.8 Å². The number of aliphatic carboxylic acids is 1. The number of carbonyl (C=O) groups is 2. The molecule has 0 saturated carbocycles. The Hall–Kier alpha value is -2.96. The van der Waals surface area contributed by atoms with Crippen LogP contribution in [0.5, 0.6) is 0 Å². The minimum absolute atomic E-state index is 0.0699. The van der Waals surface area contributed by atoms with E-state index in [9.17, 15) is 18.4 Å². The van der Waals surface area contributed by atoms with Crippen LogP contribution < -0.4 is 0 Å². The number of halogens is 2. The molecule has 2 aliphatic rings. The van der Waals surface area contributed by atoms with Gasteiger partial charge >= 0.3 is 12.1 Å². The predicted octanol–water partition coefficient (Wildman–Crippen LogP) is 3.83. The number of likely N-dealkylation sites (tertiary alicyclic amines) is 1. The predicted molar refractivity (Wildman–Crippen MR) is 97.3 cm³/mol. The van der Waals surface area contributed by atoms with Crippen molar-refractivity contribution >= 4 is 12.1 Å². The van der Waals surface area contributed by atoms with E-state index in [0.29, 0.717) is 0 Å². The molecule has 1 fully saturated rings. The SMILES string of the molecule is O=C(O)[C@@H]1CN(C(=O)OCC2c3ccccc3-c3ccccc32)C[C@H]1C(F)F. The molecule has 0 unspecified atom stereocenters. The third-order valence-corrected chi connectivity index (χ3v) is 5.60. The number of benzene rings is 2. The van der Waals surface area contributed by atoms with Crippen molar-refractivity contribution in [2.75, 3.05) is 19.7 Å². The number of carboxylic acid groups (broad SMARTS) is 1. The molecule has 1 N–H and O–H groups in total. The number of hydrogen-bond donors (Lipinski definition) is 1. The van der Waals surface area contributed by atoms with Crippen LogP contribution in [-0.4, -0.2) is 48.2 Å². The fourth-order valence-electron chi connectivity index (χ4n) is 4.18. The Balaban J connectivity index is 1.48. The van der Waals surface area contributed by atoms with Gasteiger partial charge in [-0.25, -0.2) is 13.6 Å². The Kier molecular flexibility index (Phi) is 4.75. The van der Waals surface area contributed by atoms with Gasteiger partial charge in [-0.1, -0.05) is 48.5 Å². The first-order valence-electron chi connectivity index (χ1n) is 9.08. The number of alkyl halides is 2. The van der Waals surface area contributed by atoms with Crippen LogP contribution in [-0.2, 0) is 9.53 Å². The molecule has 0 aromatic heterocycles. The molecular formula is C21H19F2NO4. The number of amides is 1. The first-order chi connectivity index (χ1) is 13.5. The summed E-state index contributed by atoms with van der Waals surface area (Å²) in [5.41, 5.74) is 4.27. The summed E-state index contributed by atoms with van der Waals surface area (Å²) in [4.78, 5) is 24.7. The van der Waals surface area contributed by atoms with Crippen molar-refractivity contribution in [3.8, 4) is 11.1 Å². The van der Waals surface area contributed by atoms with Crippen molar-refractivity contribution in [2.24, 2.45) is 11.8 Å². The van der Waals surface area contributed by atoms with E-state index in [2.05, 4.69) is 0 Å². The number of hydrogen-bond acceptors (Lipinski definition) is 3. The summed E-state index contributed by atoms with van der Waals surface area (Å²) in [7, 11) is 0. The van der Waals surface area contributed by atoms with Gasteiger partial charge in [0.1, 0.15) is 6.61 Å². The van der Waals surface area contributed by atoms with Crippen molar-refractivity contribution in [2.45, 2.75) is 12.3 Å². The average Bonchev–Trinajstić information content (AvgIpc) is 3.27. The van der Waals surface area contributed by atoms with E-state index in [1.807, 2.05) is 48.5 Å². The van der Waals surface area contributed by atoms with Crippen LogP contribution in [0, 0.1) is 11.8 Å². The van der Waals surface area contributed by atoms with Gasteiger partial charge in [0.15, 0.2) is 0 Å². The molecule has 0 radical (unpaired) electrons. The molecule has 1 aliphatic carbocycles. The van der Waals surface area contributed by atoms with E-state index in [1.165, 1.54) is 0 Å². The number of ether oxygens (including phenoxy) is 1. The largest absolute Gasteiger partial charge is 0.481 e. The van der Waals surface area contributed by atoms with Crippen LogP contribution in [0.4, 0.5) is 13.6 Å². The van der Waals surface area contributed by atoms with Gasteiger partial charge in [0.25, 0.3) is 0 Å². The summed E-state index contributed by atoms with van der Waals surface area (Å²) in [5.74, 6) is -4.11. The van der Waals surface area contributed by atoms with Gasteiger partial charge in [-0.2, -0.15) is 0 Å². The normalized spacial score (nSPS) is 20.9. The second kappa shape index (κ2) is 7.22. The summed E-state index contributed by atoms with van der Waals surface area (Å²) in [6, 6.07) is 15.7. The second-order valence-corrected chi connectivity index (χ2v) is 7.15. The van der Waals surface area contributed by atoms with E-state index >= 15 is 0 Å². The van der Waals surface area contributed by atoms with Crippen molar-refractivity contribution in [3.63, 3.8) is 0 Å². The first-order valence-corrected chi connectivity index (χ1v) is 9.08. The highest BCUT2D eigenvalue weighted by molar-refractivity contribution is 5.79. The Morgan fingerprint density at radius 3 is 2.11 bits per heavy atom. The van der Waals surface area contributed by atoms with Gasteiger partial charge in [-0.3, -0.25) is 4.79 Å². The maximum Gasteiger partial charge on any atom is 0.409 e. The molecule has 7 heteroatoms. The zero-order chi connectivity index (χ0) is 19.8. The zero-order valence-corrected chi connectivity index (χ0v) is 14.9. The average molecular weight is 387 g/mol. The Bertz CT molecular complexity index is 871. The molecule has 2 atom stereocenters. The van der Waals surface area contributed by atoms with Crippen LogP contribution in [0.1, 0.15) is 17.0 Å². The lowest BCUT2D eigenvalue weighted by molar-refractivity contribution is -0.144. The van der Waals surface area contributed by atoms with Crippen LogP contribution in [0.15, 0.2) is 48.5 Å². The van der Waals surface area contributed by atoms with Gasteiger partial charge < -0.3 is 14.7 Å². The molecule has 0 bridgehead atoms. The monoisotopic (exact) mass is 387 g/mol. The van der Waals surface area contributed by atoms with E-state index < -0.39 is 30.3 Å². The Morgan fingerprint density at radius 2 is 1.61 bits per heavy atom. The topological polar surface area (TPSA) is 66.8 Å². The number of nitrogens with zero attached hydrogens (tertiary/aromatic N) is 1. The number of carboxylic acids is 1. The maximum atomic E-state index is 13.1. The zero-order valence-electron chi connectivity index (χ0n) is 14.9. The van der Waals surface area contributed by atoms with E-state index in [-0.39, 0.29) is 25.6 Å². The molecule has 2 aromatic carbocycles. The molecule has 4 rings (SSSR count). The summed E-state index contributed by atoms with van der Waals surface area (Å²) in [6.45, 7) is -0.507. The van der Waals surface area contributed by atoms with Crippen molar-refractivity contribution < 1.29 is 28.2 Å². The van der Waals surface area contributed by atoms with Crippen molar-refractivity contribution in [1.82, 2.24) is 4.90 Å². The number of fused-ring (bicyclic) bond motifs is 3. The smallest absolute Gasteiger partial charge is 0.409 e. The van der Waals surface area contributed by atoms with E-state index in [0.717, 1.165) is 27.2 Å². The Morgan fingerprint density at radius 1 is 1.04 bits per heavy atom. The second-order valence-electron chi connectivity index (χ2n) is 7.15. The highest BCUT2D eigenvalue weighted by Crippen LogP contribution is 2.44. The van der Waals surface area contributed by atoms with Gasteiger partial charge in [0.2, 0.25) is 6.43 Å². The highest BCUT2D eigenvalue weighted by Gasteiger charge is 2.45. The Labute approximate surface area is 160 Å². The van der Waals surface area contributed by atoms with Crippen molar-refractivity contribution in [3.05, 3.63) is 59.7 Å². The lowest BCUT2D eigenvalue weighted by Gasteiger charge is -2.19. The van der Waals surface area contributed by atoms with Gasteiger partial charge in [0, 0.05) is 19.0 Å². The summed E-state index contributed by atoms with van der Waals surface area (Å²) in [6.07, 6.45) is -3.55. The van der Waals surface area contributed by atoms with Gasteiger partial charge in [-0.15, -0.1) is 0 Å². The summed E-state index contributed by atoms with van der Waals surface area (Å²) < 4.78 is 31.6. The molecule has 1 aliphatic heterocycles. The first kappa shape index (κ1) is 18.4. The lowest BCUT2D eigenvalue weighted by atomic mass is 9.97. The fraction of sp³-hybridized carbons (Fsp3) is 0.333. The molecule has 1 saturated heterocycles. The summed E-state index contributed by atoms with van der Waals surface area (Å²) >= 11 is 0.